The molecule has 0 saturated carbocycles. The van der Waals surface area contributed by atoms with Gasteiger partial charge in [-0.25, -0.2) is 9.97 Å². The number of rotatable bonds is 6. The number of nitrogens with one attached hydrogen (secondary N) is 1. The Balaban J connectivity index is 1.70. The van der Waals surface area contributed by atoms with Crippen LogP contribution in [0.3, 0.4) is 0 Å². The topological polar surface area (TPSA) is 82.6 Å². The maximum Gasteiger partial charge on any atom is 0.257 e. The first-order chi connectivity index (χ1) is 13.6. The van der Waals surface area contributed by atoms with E-state index in [0.29, 0.717) is 24.6 Å². The molecule has 1 amide bonds. The summed E-state index contributed by atoms with van der Waals surface area (Å²) in [7, 11) is 3.14. The van der Waals surface area contributed by atoms with Crippen molar-refractivity contribution in [3.05, 3.63) is 29.8 Å². The Morgan fingerprint density at radius 2 is 2.07 bits per heavy atom. The highest BCUT2D eigenvalue weighted by Crippen LogP contribution is 2.37. The molecular formula is C20H21N3O4S. The molecule has 2 aromatic heterocycles. The lowest BCUT2D eigenvalue weighted by atomic mass is 10.0. The number of aromatic nitrogens is 2. The van der Waals surface area contributed by atoms with Crippen molar-refractivity contribution in [2.45, 2.75) is 19.4 Å². The van der Waals surface area contributed by atoms with Gasteiger partial charge in [0, 0.05) is 24.4 Å². The molecule has 1 fully saturated rings. The number of benzene rings is 1. The largest absolute Gasteiger partial charge is 0.491 e. The van der Waals surface area contributed by atoms with Gasteiger partial charge in [0.25, 0.3) is 5.88 Å². The average Bonchev–Trinajstić information content (AvgIpc) is 3.36. The summed E-state index contributed by atoms with van der Waals surface area (Å²) < 4.78 is 17.9. The molecule has 8 heteroatoms. The molecule has 0 bridgehead atoms. The fourth-order valence-electron chi connectivity index (χ4n) is 3.32. The third-order valence-electron chi connectivity index (χ3n) is 4.92. The highest BCUT2D eigenvalue weighted by atomic mass is 32.1. The van der Waals surface area contributed by atoms with E-state index < -0.39 is 0 Å². The van der Waals surface area contributed by atoms with Gasteiger partial charge in [0.2, 0.25) is 5.91 Å². The molecule has 1 aliphatic heterocycles. The van der Waals surface area contributed by atoms with Crippen molar-refractivity contribution < 1.29 is 19.0 Å². The summed E-state index contributed by atoms with van der Waals surface area (Å²) >= 11 is 1.53. The molecule has 7 nitrogen and oxygen atoms in total. The first kappa shape index (κ1) is 18.5. The van der Waals surface area contributed by atoms with Gasteiger partial charge in [-0.2, -0.15) is 0 Å². The van der Waals surface area contributed by atoms with Crippen molar-refractivity contribution in [1.82, 2.24) is 15.3 Å². The normalized spacial score (nSPS) is 17.4. The quantitative estimate of drug-likeness (QED) is 0.685. The number of pyridine rings is 1. The van der Waals surface area contributed by atoms with Gasteiger partial charge < -0.3 is 19.5 Å². The highest BCUT2D eigenvalue weighted by molar-refractivity contribution is 7.17. The zero-order valence-electron chi connectivity index (χ0n) is 15.9. The number of hydrogen-bond acceptors (Lipinski definition) is 7. The van der Waals surface area contributed by atoms with Gasteiger partial charge in [-0.15, -0.1) is 11.3 Å². The Morgan fingerprint density at radius 3 is 2.79 bits per heavy atom. The molecule has 0 spiro atoms. The molecule has 1 N–H and O–H groups in total. The Hall–Kier alpha value is -2.87. The van der Waals surface area contributed by atoms with Gasteiger partial charge in [-0.3, -0.25) is 4.79 Å². The number of fused-ring (bicyclic) bond motifs is 1. The van der Waals surface area contributed by atoms with Crippen LogP contribution in [0.2, 0.25) is 0 Å². The van der Waals surface area contributed by atoms with Crippen molar-refractivity contribution in [1.29, 1.82) is 0 Å². The summed E-state index contributed by atoms with van der Waals surface area (Å²) in [5.41, 5.74) is 4.26. The maximum absolute atomic E-state index is 11.5. The molecule has 146 valence electrons. The second-order valence-corrected chi connectivity index (χ2v) is 7.53. The monoisotopic (exact) mass is 399 g/mol. The van der Waals surface area contributed by atoms with E-state index in [-0.39, 0.29) is 17.9 Å². The van der Waals surface area contributed by atoms with Gasteiger partial charge in [0.05, 0.1) is 35.6 Å². The summed E-state index contributed by atoms with van der Waals surface area (Å²) in [4.78, 5) is 20.5. The maximum atomic E-state index is 11.5. The van der Waals surface area contributed by atoms with Crippen LogP contribution in [0.25, 0.3) is 21.5 Å². The molecule has 2 atom stereocenters. The lowest BCUT2D eigenvalue weighted by Gasteiger charge is -2.20. The van der Waals surface area contributed by atoms with Crippen LogP contribution in [0, 0.1) is 5.92 Å². The van der Waals surface area contributed by atoms with Crippen LogP contribution < -0.4 is 19.5 Å². The van der Waals surface area contributed by atoms with Gasteiger partial charge in [0.15, 0.2) is 5.75 Å². The molecule has 1 aromatic carbocycles. The number of thiazole rings is 1. The van der Waals surface area contributed by atoms with Gasteiger partial charge >= 0.3 is 0 Å². The summed E-state index contributed by atoms with van der Waals surface area (Å²) in [6.45, 7) is 2.64. The minimum absolute atomic E-state index is 0.0756. The first-order valence-corrected chi connectivity index (χ1v) is 9.87. The molecule has 3 aromatic rings. The fraction of sp³-hybridized carbons (Fsp3) is 0.350. The van der Waals surface area contributed by atoms with Crippen molar-refractivity contribution in [2.75, 3.05) is 20.8 Å². The molecule has 4 rings (SSSR count). The van der Waals surface area contributed by atoms with Crippen LogP contribution in [0.5, 0.6) is 17.4 Å². The Morgan fingerprint density at radius 1 is 1.21 bits per heavy atom. The van der Waals surface area contributed by atoms with Crippen molar-refractivity contribution in [3.8, 4) is 28.6 Å². The lowest BCUT2D eigenvalue weighted by molar-refractivity contribution is -0.119. The summed E-state index contributed by atoms with van der Waals surface area (Å²) in [6.07, 6.45) is 0.391. The van der Waals surface area contributed by atoms with Crippen LogP contribution in [-0.4, -0.2) is 42.7 Å². The van der Waals surface area contributed by atoms with Gasteiger partial charge in [-0.05, 0) is 31.2 Å². The molecule has 0 aliphatic carbocycles. The number of amides is 1. The van der Waals surface area contributed by atoms with Crippen molar-refractivity contribution >= 4 is 27.5 Å². The van der Waals surface area contributed by atoms with Gasteiger partial charge in [-0.1, -0.05) is 0 Å². The number of hydrogen-bond donors (Lipinski definition) is 1. The number of carbonyl (C=O) groups excluding carboxylic acids is 1. The van der Waals surface area contributed by atoms with Crippen LogP contribution in [-0.2, 0) is 4.79 Å². The zero-order valence-corrected chi connectivity index (χ0v) is 16.7. The first-order valence-electron chi connectivity index (χ1n) is 8.99. The van der Waals surface area contributed by atoms with E-state index in [1.54, 1.807) is 19.7 Å². The van der Waals surface area contributed by atoms with E-state index in [1.807, 2.05) is 31.2 Å². The zero-order chi connectivity index (χ0) is 19.7. The highest BCUT2D eigenvalue weighted by Gasteiger charge is 2.28. The molecule has 0 radical (unpaired) electrons. The van der Waals surface area contributed by atoms with E-state index in [2.05, 4.69) is 15.3 Å². The van der Waals surface area contributed by atoms with Crippen molar-refractivity contribution in [3.63, 3.8) is 0 Å². The van der Waals surface area contributed by atoms with Crippen LogP contribution in [0.1, 0.15) is 13.3 Å². The SMILES string of the molecule is COc1ccc(-c2cc(O[C@@H](C)[C@@H]3CNC(=O)C3)c3scnc3c2)nc1OC. The molecule has 28 heavy (non-hydrogen) atoms. The predicted molar refractivity (Wildman–Crippen MR) is 107 cm³/mol. The number of nitrogens with zero attached hydrogens (tertiary/aromatic N) is 2. The number of ether oxygens (including phenoxy) is 3. The average molecular weight is 399 g/mol. The Bertz CT molecular complexity index is 1020. The molecule has 1 saturated heterocycles. The minimum atomic E-state index is -0.0992. The summed E-state index contributed by atoms with van der Waals surface area (Å²) in [5, 5.41) is 2.86. The van der Waals surface area contributed by atoms with Crippen LogP contribution >= 0.6 is 11.3 Å². The van der Waals surface area contributed by atoms with Crippen LogP contribution in [0.15, 0.2) is 29.8 Å². The van der Waals surface area contributed by atoms with Gasteiger partial charge in [0.1, 0.15) is 11.9 Å². The smallest absolute Gasteiger partial charge is 0.257 e. The molecule has 1 aliphatic rings. The number of carbonyl (C=O) groups is 1. The lowest BCUT2D eigenvalue weighted by Crippen LogP contribution is -2.25. The Kier molecular flexibility index (Phi) is 5.04. The van der Waals surface area contributed by atoms with E-state index in [9.17, 15) is 4.79 Å². The number of methoxy groups -OCH3 is 2. The standard InChI is InChI=1S/C20H21N3O4S/c1-11(13-8-18(24)21-9-13)27-17-7-12(6-15-19(17)28-10-22-15)14-4-5-16(25-2)20(23-14)26-3/h4-7,10-11,13H,8-9H2,1-3H3,(H,21,24)/t11-,13-/m0/s1. The fourth-order valence-corrected chi connectivity index (χ4v) is 4.05. The summed E-state index contributed by atoms with van der Waals surface area (Å²) in [5.74, 6) is 1.97. The third-order valence-corrected chi connectivity index (χ3v) is 5.77. The second-order valence-electron chi connectivity index (χ2n) is 6.67. The van der Waals surface area contributed by atoms with E-state index in [4.69, 9.17) is 14.2 Å². The van der Waals surface area contributed by atoms with E-state index in [1.165, 1.54) is 11.3 Å². The third kappa shape index (κ3) is 3.47. The predicted octanol–water partition coefficient (Wildman–Crippen LogP) is 3.28. The molecule has 0 unspecified atom stereocenters. The van der Waals surface area contributed by atoms with Crippen LogP contribution in [0.4, 0.5) is 0 Å². The minimum Gasteiger partial charge on any atom is -0.491 e. The Labute approximate surface area is 166 Å². The molecular weight excluding hydrogens is 378 g/mol. The molecule has 3 heterocycles. The summed E-state index contributed by atoms with van der Waals surface area (Å²) in [6, 6.07) is 7.65. The van der Waals surface area contributed by atoms with E-state index >= 15 is 0 Å². The van der Waals surface area contributed by atoms with Crippen molar-refractivity contribution in [2.24, 2.45) is 5.92 Å². The second kappa shape index (κ2) is 7.63. The van der Waals surface area contributed by atoms with E-state index in [0.717, 1.165) is 27.2 Å².